The van der Waals surface area contributed by atoms with Crippen LogP contribution < -0.4 is 5.32 Å². The summed E-state index contributed by atoms with van der Waals surface area (Å²) in [6, 6.07) is 2.79. The molecule has 0 saturated heterocycles. The first-order valence-corrected chi connectivity index (χ1v) is 5.51. The number of aromatic nitrogens is 3. The van der Waals surface area contributed by atoms with Crippen LogP contribution in [0.15, 0.2) is 18.2 Å². The topological polar surface area (TPSA) is 103 Å². The van der Waals surface area contributed by atoms with Gasteiger partial charge in [0.25, 0.3) is 11.6 Å². The van der Waals surface area contributed by atoms with Crippen LogP contribution in [-0.4, -0.2) is 25.6 Å². The molecule has 1 aromatic heterocycles. The Bertz CT molecular complexity index is 697. The van der Waals surface area contributed by atoms with Crippen molar-refractivity contribution in [2.75, 3.05) is 5.32 Å². The summed E-state index contributed by atoms with van der Waals surface area (Å²) in [7, 11) is 1.57. The smallest absolute Gasteiger partial charge is 0.272 e. The minimum atomic E-state index is -0.976. The number of non-ortho nitro benzene ring substituents is 1. The molecule has 20 heavy (non-hydrogen) atoms. The van der Waals surface area contributed by atoms with E-state index >= 15 is 0 Å². The van der Waals surface area contributed by atoms with Gasteiger partial charge in [0, 0.05) is 13.1 Å². The van der Waals surface area contributed by atoms with Gasteiger partial charge in [0.2, 0.25) is 5.95 Å². The number of nitro benzene ring substituents is 1. The van der Waals surface area contributed by atoms with Crippen LogP contribution in [0.1, 0.15) is 16.2 Å². The molecule has 9 heteroatoms. The molecule has 1 N–H and O–H groups in total. The minimum Gasteiger partial charge on any atom is -0.291 e. The Morgan fingerprint density at radius 2 is 2.20 bits per heavy atom. The van der Waals surface area contributed by atoms with E-state index in [1.54, 1.807) is 14.0 Å². The zero-order chi connectivity index (χ0) is 14.9. The molecule has 0 aliphatic carbocycles. The largest absolute Gasteiger partial charge is 0.291 e. The molecule has 104 valence electrons. The van der Waals surface area contributed by atoms with Gasteiger partial charge >= 0.3 is 0 Å². The van der Waals surface area contributed by atoms with Crippen molar-refractivity contribution in [2.45, 2.75) is 6.92 Å². The van der Waals surface area contributed by atoms with Crippen LogP contribution in [0.4, 0.5) is 16.0 Å². The summed E-state index contributed by atoms with van der Waals surface area (Å²) in [5.74, 6) is -1.12. The fourth-order valence-corrected chi connectivity index (χ4v) is 1.59. The fourth-order valence-electron chi connectivity index (χ4n) is 1.59. The van der Waals surface area contributed by atoms with Crippen molar-refractivity contribution in [3.8, 4) is 0 Å². The standard InChI is InChI=1S/C11H10FN5O3/c1-6-13-11(16(2)15-6)14-10(18)8-4-3-7(17(19)20)5-9(8)12/h3-5H,1-2H3,(H,13,14,15,18). The summed E-state index contributed by atoms with van der Waals surface area (Å²) >= 11 is 0. The predicted octanol–water partition coefficient (Wildman–Crippen LogP) is 1.42. The van der Waals surface area contributed by atoms with Gasteiger partial charge in [-0.05, 0) is 13.0 Å². The molecule has 0 aliphatic rings. The van der Waals surface area contributed by atoms with Crippen molar-refractivity contribution in [3.63, 3.8) is 0 Å². The molecule has 1 heterocycles. The van der Waals surface area contributed by atoms with E-state index in [9.17, 15) is 19.3 Å². The molecule has 0 atom stereocenters. The SMILES string of the molecule is Cc1nc(NC(=O)c2ccc([N+](=O)[O-])cc2F)n(C)n1. The van der Waals surface area contributed by atoms with Gasteiger partial charge in [0.05, 0.1) is 16.6 Å². The van der Waals surface area contributed by atoms with Crippen LogP contribution in [-0.2, 0) is 7.05 Å². The Morgan fingerprint density at radius 3 is 2.70 bits per heavy atom. The summed E-state index contributed by atoms with van der Waals surface area (Å²) < 4.78 is 15.0. The van der Waals surface area contributed by atoms with Gasteiger partial charge in [-0.2, -0.15) is 10.1 Å². The Labute approximate surface area is 112 Å². The van der Waals surface area contributed by atoms with Crippen molar-refractivity contribution in [2.24, 2.45) is 7.05 Å². The highest BCUT2D eigenvalue weighted by atomic mass is 19.1. The number of nitro groups is 1. The lowest BCUT2D eigenvalue weighted by Gasteiger charge is -2.04. The molecule has 0 saturated carbocycles. The molecule has 2 rings (SSSR count). The second kappa shape index (κ2) is 5.03. The van der Waals surface area contributed by atoms with E-state index in [-0.39, 0.29) is 11.5 Å². The van der Waals surface area contributed by atoms with Crippen molar-refractivity contribution in [1.29, 1.82) is 0 Å². The van der Waals surface area contributed by atoms with Crippen molar-refractivity contribution < 1.29 is 14.1 Å². The second-order valence-electron chi connectivity index (χ2n) is 3.98. The van der Waals surface area contributed by atoms with E-state index in [0.29, 0.717) is 11.9 Å². The van der Waals surface area contributed by atoms with Crippen LogP contribution in [0.25, 0.3) is 0 Å². The first kappa shape index (κ1) is 13.6. The molecule has 0 unspecified atom stereocenters. The Balaban J connectivity index is 2.25. The van der Waals surface area contributed by atoms with Crippen molar-refractivity contribution >= 4 is 17.5 Å². The maximum absolute atomic E-state index is 13.7. The molecule has 0 spiro atoms. The van der Waals surface area contributed by atoms with E-state index in [4.69, 9.17) is 0 Å². The molecule has 1 aromatic carbocycles. The molecular formula is C11H10FN5O3. The maximum atomic E-state index is 13.7. The number of hydrogen-bond donors (Lipinski definition) is 1. The van der Waals surface area contributed by atoms with Gasteiger partial charge < -0.3 is 0 Å². The summed E-state index contributed by atoms with van der Waals surface area (Å²) in [6.45, 7) is 1.64. The number of hydrogen-bond acceptors (Lipinski definition) is 5. The number of anilines is 1. The first-order valence-electron chi connectivity index (χ1n) is 5.51. The average Bonchev–Trinajstić information content (AvgIpc) is 2.67. The molecule has 0 bridgehead atoms. The summed E-state index contributed by atoms with van der Waals surface area (Å²) in [4.78, 5) is 25.6. The highest BCUT2D eigenvalue weighted by molar-refractivity contribution is 6.03. The third-order valence-electron chi connectivity index (χ3n) is 2.50. The fraction of sp³-hybridized carbons (Fsp3) is 0.182. The normalized spacial score (nSPS) is 10.3. The first-order chi connectivity index (χ1) is 9.38. The Kier molecular flexibility index (Phi) is 3.42. The molecule has 0 radical (unpaired) electrons. The van der Waals surface area contributed by atoms with Gasteiger partial charge in [0.15, 0.2) is 0 Å². The van der Waals surface area contributed by atoms with Crippen LogP contribution >= 0.6 is 0 Å². The lowest BCUT2D eigenvalue weighted by Crippen LogP contribution is -2.16. The molecule has 1 amide bonds. The van der Waals surface area contributed by atoms with Gasteiger partial charge in [-0.1, -0.05) is 0 Å². The lowest BCUT2D eigenvalue weighted by atomic mass is 10.2. The molecular weight excluding hydrogens is 269 g/mol. The average molecular weight is 279 g/mol. The number of carbonyl (C=O) groups is 1. The number of nitrogens with zero attached hydrogens (tertiary/aromatic N) is 4. The number of aryl methyl sites for hydroxylation is 2. The monoisotopic (exact) mass is 279 g/mol. The van der Waals surface area contributed by atoms with Crippen LogP contribution in [0.3, 0.4) is 0 Å². The van der Waals surface area contributed by atoms with E-state index in [1.807, 2.05) is 0 Å². The Morgan fingerprint density at radius 1 is 1.50 bits per heavy atom. The van der Waals surface area contributed by atoms with E-state index < -0.39 is 22.3 Å². The van der Waals surface area contributed by atoms with Gasteiger partial charge in [-0.15, -0.1) is 0 Å². The number of carbonyl (C=O) groups excluding carboxylic acids is 1. The summed E-state index contributed by atoms with van der Waals surface area (Å²) in [5, 5.41) is 16.8. The van der Waals surface area contributed by atoms with Gasteiger partial charge in [0.1, 0.15) is 11.6 Å². The van der Waals surface area contributed by atoms with Crippen molar-refractivity contribution in [1.82, 2.24) is 14.8 Å². The molecule has 8 nitrogen and oxygen atoms in total. The highest BCUT2D eigenvalue weighted by Crippen LogP contribution is 2.17. The highest BCUT2D eigenvalue weighted by Gasteiger charge is 2.17. The number of benzene rings is 1. The van der Waals surface area contributed by atoms with Crippen molar-refractivity contribution in [3.05, 3.63) is 45.5 Å². The van der Waals surface area contributed by atoms with Gasteiger partial charge in [-0.3, -0.25) is 20.2 Å². The number of amides is 1. The third kappa shape index (κ3) is 2.60. The minimum absolute atomic E-state index is 0.158. The number of halogens is 1. The van der Waals surface area contributed by atoms with Crippen LogP contribution in [0.2, 0.25) is 0 Å². The van der Waals surface area contributed by atoms with E-state index in [1.165, 1.54) is 4.68 Å². The number of nitrogens with one attached hydrogen (secondary N) is 1. The maximum Gasteiger partial charge on any atom is 0.272 e. The zero-order valence-electron chi connectivity index (χ0n) is 10.6. The van der Waals surface area contributed by atoms with Crippen LogP contribution in [0, 0.1) is 22.9 Å². The van der Waals surface area contributed by atoms with Gasteiger partial charge in [-0.25, -0.2) is 9.07 Å². The molecule has 2 aromatic rings. The molecule has 0 fully saturated rings. The van der Waals surface area contributed by atoms with Crippen LogP contribution in [0.5, 0.6) is 0 Å². The predicted molar refractivity (Wildman–Crippen MR) is 66.7 cm³/mol. The van der Waals surface area contributed by atoms with E-state index in [0.717, 1.165) is 12.1 Å². The zero-order valence-corrected chi connectivity index (χ0v) is 10.6. The quantitative estimate of drug-likeness (QED) is 0.676. The van der Waals surface area contributed by atoms with E-state index in [2.05, 4.69) is 15.4 Å². The summed E-state index contributed by atoms with van der Waals surface area (Å²) in [5.41, 5.74) is -0.732. The Hall–Kier alpha value is -2.84. The lowest BCUT2D eigenvalue weighted by molar-refractivity contribution is -0.385. The summed E-state index contributed by atoms with van der Waals surface area (Å²) in [6.07, 6.45) is 0. The third-order valence-corrected chi connectivity index (χ3v) is 2.50. The second-order valence-corrected chi connectivity index (χ2v) is 3.98. The number of rotatable bonds is 3. The molecule has 0 aliphatic heterocycles.